The van der Waals surface area contributed by atoms with Gasteiger partial charge in [0.25, 0.3) is 10.0 Å². The van der Waals surface area contributed by atoms with Crippen LogP contribution in [-0.4, -0.2) is 30.6 Å². The number of carbonyl (C=O) groups is 2. The molecule has 0 spiro atoms. The molecular formula is C16H15NO6S. The molecule has 0 amide bonds. The number of hydrogen-bond donors (Lipinski definition) is 3. The van der Waals surface area contributed by atoms with E-state index in [2.05, 4.69) is 4.72 Å². The van der Waals surface area contributed by atoms with E-state index >= 15 is 0 Å². The number of aromatic carboxylic acids is 1. The number of hydrogen-bond acceptors (Lipinski definition) is 4. The maximum Gasteiger partial charge on any atom is 0.336 e. The quantitative estimate of drug-likeness (QED) is 0.734. The number of benzene rings is 2. The summed E-state index contributed by atoms with van der Waals surface area (Å²) in [7, 11) is -3.87. The summed E-state index contributed by atoms with van der Waals surface area (Å²) >= 11 is 0. The maximum atomic E-state index is 12.3. The molecule has 0 aliphatic rings. The van der Waals surface area contributed by atoms with Crippen LogP contribution in [0.25, 0.3) is 0 Å². The average Bonchev–Trinajstić information content (AvgIpc) is 2.48. The molecule has 0 bridgehead atoms. The largest absolute Gasteiger partial charge is 0.481 e. The molecule has 126 valence electrons. The van der Waals surface area contributed by atoms with Crippen molar-refractivity contribution in [1.82, 2.24) is 0 Å². The van der Waals surface area contributed by atoms with E-state index in [1.54, 1.807) is 12.1 Å². The molecule has 0 unspecified atom stereocenters. The highest BCUT2D eigenvalue weighted by Crippen LogP contribution is 2.21. The summed E-state index contributed by atoms with van der Waals surface area (Å²) in [6.45, 7) is 1.82. The molecule has 2 rings (SSSR count). The summed E-state index contributed by atoms with van der Waals surface area (Å²) in [6, 6.07) is 9.89. The zero-order valence-electron chi connectivity index (χ0n) is 12.7. The zero-order chi connectivity index (χ0) is 17.9. The molecule has 8 heteroatoms. The summed E-state index contributed by atoms with van der Waals surface area (Å²) in [4.78, 5) is 22.1. The number of carboxylic acids is 2. The third-order valence-corrected chi connectivity index (χ3v) is 4.66. The number of nitrogens with one attached hydrogen (secondary N) is 1. The Morgan fingerprint density at radius 1 is 1.04 bits per heavy atom. The molecule has 0 atom stereocenters. The van der Waals surface area contributed by atoms with Crippen LogP contribution in [0, 0.1) is 6.92 Å². The van der Waals surface area contributed by atoms with E-state index in [0.29, 0.717) is 0 Å². The maximum absolute atomic E-state index is 12.3. The van der Waals surface area contributed by atoms with Gasteiger partial charge in [-0.15, -0.1) is 0 Å². The Morgan fingerprint density at radius 3 is 2.21 bits per heavy atom. The fraction of sp³-hybridized carbons (Fsp3) is 0.125. The van der Waals surface area contributed by atoms with Gasteiger partial charge in [-0.1, -0.05) is 23.8 Å². The topological polar surface area (TPSA) is 121 Å². The van der Waals surface area contributed by atoms with Crippen LogP contribution >= 0.6 is 0 Å². The van der Waals surface area contributed by atoms with Crippen LogP contribution in [0.1, 0.15) is 21.5 Å². The van der Waals surface area contributed by atoms with E-state index in [1.165, 1.54) is 24.3 Å². The second-order valence-corrected chi connectivity index (χ2v) is 6.85. The summed E-state index contributed by atoms with van der Waals surface area (Å²) in [5.74, 6) is -2.51. The second-order valence-electron chi connectivity index (χ2n) is 5.17. The van der Waals surface area contributed by atoms with Gasteiger partial charge in [-0.05, 0) is 36.8 Å². The summed E-state index contributed by atoms with van der Waals surface area (Å²) in [5.41, 5.74) is 0.775. The van der Waals surface area contributed by atoms with E-state index in [4.69, 9.17) is 5.11 Å². The van der Waals surface area contributed by atoms with Gasteiger partial charge in [0.1, 0.15) is 0 Å². The van der Waals surface area contributed by atoms with Gasteiger partial charge in [-0.2, -0.15) is 0 Å². The molecule has 0 heterocycles. The van der Waals surface area contributed by atoms with Gasteiger partial charge in [0.05, 0.1) is 16.9 Å². The van der Waals surface area contributed by atoms with Crippen LogP contribution < -0.4 is 4.72 Å². The molecule has 0 saturated heterocycles. The first-order valence-electron chi connectivity index (χ1n) is 6.86. The van der Waals surface area contributed by atoms with Crippen LogP contribution in [0.2, 0.25) is 0 Å². The van der Waals surface area contributed by atoms with Gasteiger partial charge in [0, 0.05) is 5.69 Å². The lowest BCUT2D eigenvalue weighted by Crippen LogP contribution is -2.14. The fourth-order valence-corrected chi connectivity index (χ4v) is 3.14. The number of sulfonamides is 1. The fourth-order valence-electron chi connectivity index (χ4n) is 2.09. The van der Waals surface area contributed by atoms with Gasteiger partial charge in [-0.3, -0.25) is 9.52 Å². The van der Waals surface area contributed by atoms with Crippen LogP contribution in [0.3, 0.4) is 0 Å². The molecule has 2 aromatic rings. The Labute approximate surface area is 138 Å². The third-order valence-electron chi connectivity index (χ3n) is 3.27. The highest BCUT2D eigenvalue weighted by molar-refractivity contribution is 7.92. The van der Waals surface area contributed by atoms with E-state index in [-0.39, 0.29) is 21.7 Å². The van der Waals surface area contributed by atoms with Crippen LogP contribution in [0.5, 0.6) is 0 Å². The molecule has 24 heavy (non-hydrogen) atoms. The molecular weight excluding hydrogens is 334 g/mol. The monoisotopic (exact) mass is 349 g/mol. The SMILES string of the molecule is Cc1ccc(S(=O)(=O)Nc2ccc(CC(=O)O)c(C(=O)O)c2)cc1. The Balaban J connectivity index is 2.35. The molecule has 3 N–H and O–H groups in total. The first kappa shape index (κ1) is 17.5. The van der Waals surface area contributed by atoms with Crippen molar-refractivity contribution in [3.8, 4) is 0 Å². The standard InChI is InChI=1S/C16H15NO6S/c1-10-2-6-13(7-3-10)24(22,23)17-12-5-4-11(8-15(18)19)14(9-12)16(20)21/h2-7,9,17H,8H2,1H3,(H,18,19)(H,20,21). The van der Waals surface area contributed by atoms with Crippen molar-refractivity contribution in [1.29, 1.82) is 0 Å². The van der Waals surface area contributed by atoms with Gasteiger partial charge in [0.15, 0.2) is 0 Å². The third kappa shape index (κ3) is 4.11. The van der Waals surface area contributed by atoms with Crippen molar-refractivity contribution in [3.63, 3.8) is 0 Å². The van der Waals surface area contributed by atoms with Crippen molar-refractivity contribution in [3.05, 3.63) is 59.2 Å². The lowest BCUT2D eigenvalue weighted by molar-refractivity contribution is -0.136. The van der Waals surface area contributed by atoms with Crippen molar-refractivity contribution >= 4 is 27.6 Å². The summed E-state index contributed by atoms with van der Waals surface area (Å²) in [5, 5.41) is 18.0. The highest BCUT2D eigenvalue weighted by atomic mass is 32.2. The normalized spacial score (nSPS) is 11.0. The Hall–Kier alpha value is -2.87. The summed E-state index contributed by atoms with van der Waals surface area (Å²) < 4.78 is 26.9. The van der Waals surface area contributed by atoms with Gasteiger partial charge in [0.2, 0.25) is 0 Å². The van der Waals surface area contributed by atoms with Gasteiger partial charge in [-0.25, -0.2) is 13.2 Å². The van der Waals surface area contributed by atoms with Crippen molar-refractivity contribution < 1.29 is 28.2 Å². The van der Waals surface area contributed by atoms with Crippen molar-refractivity contribution in [2.45, 2.75) is 18.2 Å². The van der Waals surface area contributed by atoms with Crippen LogP contribution in [-0.2, 0) is 21.2 Å². The lowest BCUT2D eigenvalue weighted by atomic mass is 10.0. The van der Waals surface area contributed by atoms with Crippen LogP contribution in [0.4, 0.5) is 5.69 Å². The minimum atomic E-state index is -3.87. The second kappa shape index (κ2) is 6.71. The lowest BCUT2D eigenvalue weighted by Gasteiger charge is -2.11. The molecule has 2 aromatic carbocycles. The predicted molar refractivity (Wildman–Crippen MR) is 86.7 cm³/mol. The average molecular weight is 349 g/mol. The van der Waals surface area contributed by atoms with E-state index in [0.717, 1.165) is 11.6 Å². The van der Waals surface area contributed by atoms with E-state index in [9.17, 15) is 23.1 Å². The minimum absolute atomic E-state index is 0.0413. The number of aryl methyl sites for hydroxylation is 1. The minimum Gasteiger partial charge on any atom is -0.481 e. The van der Waals surface area contributed by atoms with Crippen LogP contribution in [0.15, 0.2) is 47.4 Å². The molecule has 0 aliphatic heterocycles. The van der Waals surface area contributed by atoms with E-state index < -0.39 is 28.4 Å². The first-order valence-corrected chi connectivity index (χ1v) is 8.35. The molecule has 7 nitrogen and oxygen atoms in total. The summed E-state index contributed by atoms with van der Waals surface area (Å²) in [6.07, 6.45) is -0.466. The number of aliphatic carboxylic acids is 1. The smallest absolute Gasteiger partial charge is 0.336 e. The number of rotatable bonds is 6. The first-order chi connectivity index (χ1) is 11.2. The van der Waals surface area contributed by atoms with E-state index in [1.807, 2.05) is 6.92 Å². The molecule has 0 aromatic heterocycles. The predicted octanol–water partition coefficient (Wildman–Crippen LogP) is 2.12. The Bertz CT molecular complexity index is 887. The Kier molecular flexibility index (Phi) is 4.89. The molecule has 0 fully saturated rings. The van der Waals surface area contributed by atoms with Gasteiger partial charge >= 0.3 is 11.9 Å². The molecule has 0 aliphatic carbocycles. The van der Waals surface area contributed by atoms with Gasteiger partial charge < -0.3 is 10.2 Å². The van der Waals surface area contributed by atoms with Crippen molar-refractivity contribution in [2.75, 3.05) is 4.72 Å². The zero-order valence-corrected chi connectivity index (χ0v) is 13.5. The molecule has 0 saturated carbocycles. The molecule has 0 radical (unpaired) electrons. The number of anilines is 1. The Morgan fingerprint density at radius 2 is 1.67 bits per heavy atom. The number of carboxylic acid groups (broad SMARTS) is 2. The van der Waals surface area contributed by atoms with Crippen molar-refractivity contribution in [2.24, 2.45) is 0 Å². The highest BCUT2D eigenvalue weighted by Gasteiger charge is 2.17.